The highest BCUT2D eigenvalue weighted by Gasteiger charge is 2.17. The van der Waals surface area contributed by atoms with Crippen LogP contribution in [0.25, 0.3) is 0 Å². The van der Waals surface area contributed by atoms with E-state index >= 15 is 0 Å². The maximum absolute atomic E-state index is 12.4. The lowest BCUT2D eigenvalue weighted by Gasteiger charge is -2.05. The first kappa shape index (κ1) is 17.2. The van der Waals surface area contributed by atoms with Crippen LogP contribution in [0.1, 0.15) is 46.6 Å². The monoisotopic (exact) mass is 364 g/mol. The van der Waals surface area contributed by atoms with Crippen LogP contribution in [-0.2, 0) is 24.3 Å². The molecule has 128 valence electrons. The van der Waals surface area contributed by atoms with Gasteiger partial charge in [0.05, 0.1) is 17.2 Å². The molecule has 1 aliphatic rings. The number of ketones is 1. The Hall–Kier alpha value is -1.67. The number of carbonyl (C=O) groups excluding carboxylic acids is 2. The number of fused-ring (bicyclic) bond motifs is 1. The molecular formula is C16H20N4O2S2. The van der Waals surface area contributed by atoms with E-state index in [4.69, 9.17) is 0 Å². The Morgan fingerprint density at radius 1 is 1.29 bits per heavy atom. The summed E-state index contributed by atoms with van der Waals surface area (Å²) < 4.78 is 2.15. The molecular weight excluding hydrogens is 344 g/mol. The maximum atomic E-state index is 12.4. The van der Waals surface area contributed by atoms with Crippen molar-refractivity contribution in [2.45, 2.75) is 50.9 Å². The molecule has 0 unspecified atom stereocenters. The van der Waals surface area contributed by atoms with Gasteiger partial charge in [0.15, 0.2) is 10.9 Å². The summed E-state index contributed by atoms with van der Waals surface area (Å²) in [4.78, 5) is 25.0. The van der Waals surface area contributed by atoms with E-state index in [-0.39, 0.29) is 11.7 Å². The summed E-state index contributed by atoms with van der Waals surface area (Å²) in [5, 5.41) is 12.1. The fourth-order valence-electron chi connectivity index (χ4n) is 2.60. The van der Waals surface area contributed by atoms with Crippen LogP contribution in [0.4, 0.5) is 0 Å². The van der Waals surface area contributed by atoms with Gasteiger partial charge in [-0.3, -0.25) is 9.59 Å². The summed E-state index contributed by atoms with van der Waals surface area (Å²) in [6.07, 6.45) is 4.50. The molecule has 1 N–H and O–H groups in total. The number of Topliss-reactive ketones (excluding diaryl/α,β-unsaturated/α-hetero) is 1. The van der Waals surface area contributed by atoms with Gasteiger partial charge >= 0.3 is 0 Å². The Balaban J connectivity index is 1.58. The lowest BCUT2D eigenvalue weighted by Crippen LogP contribution is -2.18. The van der Waals surface area contributed by atoms with Crippen LogP contribution in [-0.4, -0.2) is 32.2 Å². The van der Waals surface area contributed by atoms with E-state index in [0.717, 1.165) is 46.5 Å². The Bertz CT molecular complexity index is 738. The number of thioether (sulfide) groups is 1. The zero-order valence-electron chi connectivity index (χ0n) is 13.6. The van der Waals surface area contributed by atoms with Crippen molar-refractivity contribution < 1.29 is 9.59 Å². The van der Waals surface area contributed by atoms with Gasteiger partial charge in [-0.25, -0.2) is 0 Å². The van der Waals surface area contributed by atoms with Crippen molar-refractivity contribution in [3.05, 3.63) is 27.7 Å². The largest absolute Gasteiger partial charge is 0.351 e. The van der Waals surface area contributed by atoms with Crippen molar-refractivity contribution in [2.75, 3.05) is 5.75 Å². The van der Waals surface area contributed by atoms with Crippen LogP contribution < -0.4 is 5.32 Å². The number of nitrogens with one attached hydrogen (secondary N) is 1. The summed E-state index contributed by atoms with van der Waals surface area (Å²) in [6.45, 7) is 2.90. The quantitative estimate of drug-likeness (QED) is 0.630. The smallest absolute Gasteiger partial charge is 0.217 e. The molecule has 1 amide bonds. The summed E-state index contributed by atoms with van der Waals surface area (Å²) in [5.74, 6) is 1.42. The van der Waals surface area contributed by atoms with Crippen molar-refractivity contribution in [3.63, 3.8) is 0 Å². The lowest BCUT2D eigenvalue weighted by molar-refractivity contribution is -0.119. The summed E-state index contributed by atoms with van der Waals surface area (Å²) in [7, 11) is 0. The molecule has 0 saturated carbocycles. The molecule has 0 aromatic carbocycles. The number of thiophene rings is 1. The van der Waals surface area contributed by atoms with E-state index in [1.54, 1.807) is 0 Å². The first-order valence-electron chi connectivity index (χ1n) is 8.04. The van der Waals surface area contributed by atoms with Crippen LogP contribution in [0.15, 0.2) is 17.3 Å². The fourth-order valence-corrected chi connectivity index (χ4v) is 4.44. The third kappa shape index (κ3) is 4.24. The van der Waals surface area contributed by atoms with Crippen molar-refractivity contribution >= 4 is 34.8 Å². The normalized spacial score (nSPS) is 14.0. The van der Waals surface area contributed by atoms with Gasteiger partial charge in [0.25, 0.3) is 0 Å². The Morgan fingerprint density at radius 2 is 2.17 bits per heavy atom. The number of hydrogen-bond acceptors (Lipinski definition) is 6. The second-order valence-electron chi connectivity index (χ2n) is 5.75. The fraction of sp³-hybridized carbons (Fsp3) is 0.500. The molecule has 0 fully saturated rings. The second kappa shape index (κ2) is 7.94. The summed E-state index contributed by atoms with van der Waals surface area (Å²) >= 11 is 2.89. The average molecular weight is 364 g/mol. The highest BCUT2D eigenvalue weighted by atomic mass is 32.2. The molecule has 2 aromatic rings. The predicted molar refractivity (Wildman–Crippen MR) is 94.5 cm³/mol. The number of hydrogen-bond donors (Lipinski definition) is 1. The van der Waals surface area contributed by atoms with Crippen molar-refractivity contribution in [3.8, 4) is 0 Å². The van der Waals surface area contributed by atoms with Crippen molar-refractivity contribution in [2.24, 2.45) is 0 Å². The van der Waals surface area contributed by atoms with E-state index in [1.807, 2.05) is 12.1 Å². The summed E-state index contributed by atoms with van der Waals surface area (Å²) in [5.41, 5.74) is 0. The highest BCUT2D eigenvalue weighted by Crippen LogP contribution is 2.24. The molecule has 0 atom stereocenters. The van der Waals surface area contributed by atoms with Gasteiger partial charge in [-0.05, 0) is 25.0 Å². The van der Waals surface area contributed by atoms with Gasteiger partial charge in [-0.15, -0.1) is 21.5 Å². The molecule has 6 nitrogen and oxygen atoms in total. The minimum Gasteiger partial charge on any atom is -0.351 e. The number of amides is 1. The zero-order valence-corrected chi connectivity index (χ0v) is 15.2. The first-order valence-corrected chi connectivity index (χ1v) is 9.85. The Labute approximate surface area is 149 Å². The van der Waals surface area contributed by atoms with Gasteiger partial charge in [-0.1, -0.05) is 18.2 Å². The van der Waals surface area contributed by atoms with Gasteiger partial charge in [0, 0.05) is 24.8 Å². The summed E-state index contributed by atoms with van der Waals surface area (Å²) in [6, 6.07) is 3.72. The number of carbonyl (C=O) groups is 2. The Morgan fingerprint density at radius 3 is 3.00 bits per heavy atom. The van der Waals surface area contributed by atoms with Gasteiger partial charge in [0.2, 0.25) is 5.91 Å². The highest BCUT2D eigenvalue weighted by molar-refractivity contribution is 7.99. The van der Waals surface area contributed by atoms with E-state index in [2.05, 4.69) is 20.1 Å². The predicted octanol–water partition coefficient (Wildman–Crippen LogP) is 2.68. The van der Waals surface area contributed by atoms with Crippen LogP contribution in [0, 0.1) is 0 Å². The minimum absolute atomic E-state index is 0.0701. The molecule has 0 saturated heterocycles. The van der Waals surface area contributed by atoms with E-state index in [1.165, 1.54) is 36.4 Å². The van der Waals surface area contributed by atoms with E-state index < -0.39 is 0 Å². The Kier molecular flexibility index (Phi) is 5.68. The number of aryl methyl sites for hydroxylation is 1. The molecule has 0 bridgehead atoms. The third-order valence-electron chi connectivity index (χ3n) is 3.86. The van der Waals surface area contributed by atoms with Crippen molar-refractivity contribution in [1.29, 1.82) is 0 Å². The topological polar surface area (TPSA) is 76.9 Å². The molecule has 24 heavy (non-hydrogen) atoms. The third-order valence-corrected chi connectivity index (χ3v) is 5.95. The molecule has 0 aliphatic carbocycles. The minimum atomic E-state index is -0.0701. The van der Waals surface area contributed by atoms with Crippen LogP contribution >= 0.6 is 23.1 Å². The molecule has 0 radical (unpaired) electrons. The number of aromatic nitrogens is 3. The van der Waals surface area contributed by atoms with Gasteiger partial charge < -0.3 is 9.88 Å². The van der Waals surface area contributed by atoms with E-state index in [9.17, 15) is 9.59 Å². The first-order chi connectivity index (χ1) is 11.6. The molecule has 3 rings (SSSR count). The second-order valence-corrected chi connectivity index (χ2v) is 7.86. The van der Waals surface area contributed by atoms with Crippen molar-refractivity contribution in [1.82, 2.24) is 20.1 Å². The average Bonchev–Trinajstić information content (AvgIpc) is 3.12. The van der Waals surface area contributed by atoms with Gasteiger partial charge in [-0.2, -0.15) is 0 Å². The zero-order chi connectivity index (χ0) is 16.9. The number of rotatable bonds is 6. The SMILES string of the molecule is CC(=O)NCc1ccc(C(=O)CSc2nnc3n2CCCCC3)s1. The van der Waals surface area contributed by atoms with Crippen LogP contribution in [0.3, 0.4) is 0 Å². The number of nitrogens with zero attached hydrogens (tertiary/aromatic N) is 3. The molecule has 1 aliphatic heterocycles. The molecule has 0 spiro atoms. The maximum Gasteiger partial charge on any atom is 0.217 e. The standard InChI is InChI=1S/C16H20N4O2S2/c1-11(21)17-9-12-6-7-14(24-12)13(22)10-23-16-19-18-15-5-3-2-4-8-20(15)16/h6-7H,2-5,8-10H2,1H3,(H,17,21). The molecule has 3 heterocycles. The molecule has 2 aromatic heterocycles. The van der Waals surface area contributed by atoms with Crippen LogP contribution in [0.5, 0.6) is 0 Å². The van der Waals surface area contributed by atoms with Crippen LogP contribution in [0.2, 0.25) is 0 Å². The molecule has 8 heteroatoms. The van der Waals surface area contributed by atoms with E-state index in [0.29, 0.717) is 12.3 Å². The van der Waals surface area contributed by atoms with Gasteiger partial charge in [0.1, 0.15) is 5.82 Å². The lowest BCUT2D eigenvalue weighted by atomic mass is 10.2.